The Kier molecular flexibility index (Phi) is 7.03. The molecule has 0 unspecified atom stereocenters. The van der Waals surface area contributed by atoms with Crippen LogP contribution in [0, 0.1) is 5.41 Å². The summed E-state index contributed by atoms with van der Waals surface area (Å²) >= 11 is 0. The van der Waals surface area contributed by atoms with Gasteiger partial charge in [0.2, 0.25) is 0 Å². The van der Waals surface area contributed by atoms with Gasteiger partial charge >= 0.3 is 0 Å². The van der Waals surface area contributed by atoms with Gasteiger partial charge < -0.3 is 5.32 Å². The molecule has 2 heteroatoms. The van der Waals surface area contributed by atoms with E-state index in [4.69, 9.17) is 0 Å². The molecule has 0 atom stereocenters. The van der Waals surface area contributed by atoms with Crippen molar-refractivity contribution < 1.29 is 0 Å². The van der Waals surface area contributed by atoms with Gasteiger partial charge in [0.25, 0.3) is 0 Å². The smallest absolute Gasteiger partial charge is 0.0160 e. The van der Waals surface area contributed by atoms with Gasteiger partial charge in [0.1, 0.15) is 0 Å². The highest BCUT2D eigenvalue weighted by atomic mass is 15.1. The fourth-order valence-electron chi connectivity index (χ4n) is 1.90. The average Bonchev–Trinajstić information content (AvgIpc) is 2.14. The van der Waals surface area contributed by atoms with Crippen molar-refractivity contribution in [1.82, 2.24) is 10.2 Å². The standard InChI is InChI=1S/C15H32N2/c1-8-10-17(11-9-2)13-15(6,7)12-16-14(3,4)5/h8,16H,1,9-13H2,2-7H3. The number of rotatable bonds is 8. The van der Waals surface area contributed by atoms with Crippen LogP contribution in [0.15, 0.2) is 12.7 Å². The molecule has 0 bridgehead atoms. The van der Waals surface area contributed by atoms with E-state index in [9.17, 15) is 0 Å². The third-order valence-electron chi connectivity index (χ3n) is 2.68. The van der Waals surface area contributed by atoms with Gasteiger partial charge in [-0.2, -0.15) is 0 Å². The maximum atomic E-state index is 3.84. The summed E-state index contributed by atoms with van der Waals surface area (Å²) < 4.78 is 0. The fraction of sp³-hybridized carbons (Fsp3) is 0.867. The van der Waals surface area contributed by atoms with E-state index in [1.807, 2.05) is 6.08 Å². The summed E-state index contributed by atoms with van der Waals surface area (Å²) in [5.41, 5.74) is 0.497. The average molecular weight is 240 g/mol. The summed E-state index contributed by atoms with van der Waals surface area (Å²) in [5, 5.41) is 3.60. The molecule has 0 amide bonds. The number of nitrogens with one attached hydrogen (secondary N) is 1. The molecular formula is C15H32N2. The maximum Gasteiger partial charge on any atom is 0.0160 e. The highest BCUT2D eigenvalue weighted by Gasteiger charge is 2.23. The van der Waals surface area contributed by atoms with Crippen LogP contribution in [0.4, 0.5) is 0 Å². The first-order valence-corrected chi connectivity index (χ1v) is 6.78. The summed E-state index contributed by atoms with van der Waals surface area (Å²) in [6.45, 7) is 21.7. The lowest BCUT2D eigenvalue weighted by atomic mass is 9.91. The van der Waals surface area contributed by atoms with Crippen LogP contribution in [0.5, 0.6) is 0 Å². The Balaban J connectivity index is 4.23. The molecule has 0 aromatic heterocycles. The normalized spacial score (nSPS) is 13.1. The van der Waals surface area contributed by atoms with E-state index >= 15 is 0 Å². The lowest BCUT2D eigenvalue weighted by Gasteiger charge is -2.35. The molecule has 0 rings (SSSR count). The zero-order chi connectivity index (χ0) is 13.5. The van der Waals surface area contributed by atoms with Gasteiger partial charge in [-0.05, 0) is 39.2 Å². The molecule has 0 radical (unpaired) electrons. The summed E-state index contributed by atoms with van der Waals surface area (Å²) in [6, 6.07) is 0. The molecule has 0 saturated heterocycles. The SMILES string of the molecule is C=CCN(CCC)CC(C)(C)CNC(C)(C)C. The Morgan fingerprint density at radius 1 is 1.18 bits per heavy atom. The molecule has 0 spiro atoms. The first-order chi connectivity index (χ1) is 7.70. The van der Waals surface area contributed by atoms with Crippen LogP contribution in [0.25, 0.3) is 0 Å². The Morgan fingerprint density at radius 3 is 2.18 bits per heavy atom. The summed E-state index contributed by atoms with van der Waals surface area (Å²) in [5.74, 6) is 0. The lowest BCUT2D eigenvalue weighted by Crippen LogP contribution is -2.46. The van der Waals surface area contributed by atoms with Crippen LogP contribution in [0.3, 0.4) is 0 Å². The fourth-order valence-corrected chi connectivity index (χ4v) is 1.90. The van der Waals surface area contributed by atoms with E-state index < -0.39 is 0 Å². The summed E-state index contributed by atoms with van der Waals surface area (Å²) in [7, 11) is 0. The third kappa shape index (κ3) is 9.37. The Labute approximate surface area is 108 Å². The van der Waals surface area contributed by atoms with E-state index in [0.717, 1.165) is 26.2 Å². The minimum Gasteiger partial charge on any atom is -0.311 e. The van der Waals surface area contributed by atoms with Crippen LogP contribution < -0.4 is 5.32 Å². The predicted octanol–water partition coefficient (Wildman–Crippen LogP) is 3.30. The first kappa shape index (κ1) is 16.7. The summed E-state index contributed by atoms with van der Waals surface area (Å²) in [6.07, 6.45) is 3.21. The molecule has 0 heterocycles. The zero-order valence-electron chi connectivity index (χ0n) is 12.8. The van der Waals surface area contributed by atoms with E-state index in [1.54, 1.807) is 0 Å². The second kappa shape index (κ2) is 7.17. The summed E-state index contributed by atoms with van der Waals surface area (Å²) in [4.78, 5) is 2.48. The number of hydrogen-bond donors (Lipinski definition) is 1. The number of nitrogens with zero attached hydrogens (tertiary/aromatic N) is 1. The van der Waals surface area contributed by atoms with Crippen molar-refractivity contribution in [2.45, 2.75) is 53.5 Å². The molecule has 0 aromatic rings. The van der Waals surface area contributed by atoms with Gasteiger partial charge in [0.15, 0.2) is 0 Å². The Hall–Kier alpha value is -0.340. The van der Waals surface area contributed by atoms with E-state index in [0.29, 0.717) is 5.41 Å². The maximum absolute atomic E-state index is 3.84. The number of hydrogen-bond acceptors (Lipinski definition) is 2. The molecule has 0 aliphatic carbocycles. The van der Waals surface area contributed by atoms with Crippen molar-refractivity contribution >= 4 is 0 Å². The van der Waals surface area contributed by atoms with Crippen LogP contribution in [0.2, 0.25) is 0 Å². The molecular weight excluding hydrogens is 208 g/mol. The lowest BCUT2D eigenvalue weighted by molar-refractivity contribution is 0.178. The minimum absolute atomic E-state index is 0.200. The van der Waals surface area contributed by atoms with Gasteiger partial charge in [-0.15, -0.1) is 6.58 Å². The molecule has 0 fully saturated rings. The highest BCUT2D eigenvalue weighted by Crippen LogP contribution is 2.17. The first-order valence-electron chi connectivity index (χ1n) is 6.78. The zero-order valence-corrected chi connectivity index (χ0v) is 12.8. The minimum atomic E-state index is 0.200. The Morgan fingerprint density at radius 2 is 1.76 bits per heavy atom. The molecule has 0 saturated carbocycles. The van der Waals surface area contributed by atoms with Crippen LogP contribution in [0.1, 0.15) is 48.0 Å². The van der Waals surface area contributed by atoms with Crippen molar-refractivity contribution in [3.8, 4) is 0 Å². The molecule has 102 valence electrons. The monoisotopic (exact) mass is 240 g/mol. The van der Waals surface area contributed by atoms with Gasteiger partial charge in [-0.3, -0.25) is 4.90 Å². The van der Waals surface area contributed by atoms with Crippen molar-refractivity contribution in [3.05, 3.63) is 12.7 Å². The van der Waals surface area contributed by atoms with Gasteiger partial charge in [0.05, 0.1) is 0 Å². The molecule has 2 nitrogen and oxygen atoms in total. The van der Waals surface area contributed by atoms with E-state index in [2.05, 4.69) is 58.3 Å². The van der Waals surface area contributed by atoms with Gasteiger partial charge in [0, 0.05) is 25.2 Å². The quantitative estimate of drug-likeness (QED) is 0.655. The van der Waals surface area contributed by atoms with Crippen LogP contribution in [-0.4, -0.2) is 36.6 Å². The largest absolute Gasteiger partial charge is 0.311 e. The molecule has 1 N–H and O–H groups in total. The third-order valence-corrected chi connectivity index (χ3v) is 2.68. The van der Waals surface area contributed by atoms with Crippen LogP contribution in [-0.2, 0) is 0 Å². The van der Waals surface area contributed by atoms with E-state index in [1.165, 1.54) is 6.42 Å². The van der Waals surface area contributed by atoms with Gasteiger partial charge in [-0.25, -0.2) is 0 Å². The second-order valence-corrected chi connectivity index (χ2v) is 6.79. The topological polar surface area (TPSA) is 15.3 Å². The van der Waals surface area contributed by atoms with Crippen molar-refractivity contribution in [2.75, 3.05) is 26.2 Å². The predicted molar refractivity (Wildman–Crippen MR) is 78.5 cm³/mol. The van der Waals surface area contributed by atoms with Crippen molar-refractivity contribution in [2.24, 2.45) is 5.41 Å². The van der Waals surface area contributed by atoms with Gasteiger partial charge in [-0.1, -0.05) is 26.8 Å². The van der Waals surface area contributed by atoms with Crippen LogP contribution >= 0.6 is 0 Å². The molecule has 0 aliphatic heterocycles. The van der Waals surface area contributed by atoms with Crippen molar-refractivity contribution in [1.29, 1.82) is 0 Å². The Bertz CT molecular complexity index is 213. The highest BCUT2D eigenvalue weighted by molar-refractivity contribution is 4.83. The molecule has 0 aliphatic rings. The second-order valence-electron chi connectivity index (χ2n) is 6.79. The molecule has 17 heavy (non-hydrogen) atoms. The van der Waals surface area contributed by atoms with E-state index in [-0.39, 0.29) is 5.54 Å². The van der Waals surface area contributed by atoms with Crippen molar-refractivity contribution in [3.63, 3.8) is 0 Å². The molecule has 0 aromatic carbocycles.